The largest absolute Gasteiger partial charge is 0.390 e. The number of hydrogen-bond acceptors (Lipinski definition) is 4. The van der Waals surface area contributed by atoms with Crippen LogP contribution in [0.5, 0.6) is 0 Å². The highest BCUT2D eigenvalue weighted by Gasteiger charge is 2.27. The quantitative estimate of drug-likeness (QED) is 0.621. The molecule has 3 aromatic rings. The van der Waals surface area contributed by atoms with Gasteiger partial charge in [-0.15, -0.1) is 24.8 Å². The van der Waals surface area contributed by atoms with Crippen molar-refractivity contribution in [2.75, 3.05) is 13.1 Å². The van der Waals surface area contributed by atoms with Gasteiger partial charge in [0.2, 0.25) is 0 Å². The molecule has 1 fully saturated rings. The van der Waals surface area contributed by atoms with E-state index in [4.69, 9.17) is 0 Å². The van der Waals surface area contributed by atoms with Crippen molar-refractivity contribution in [1.82, 2.24) is 19.9 Å². The van der Waals surface area contributed by atoms with Crippen molar-refractivity contribution in [3.63, 3.8) is 0 Å². The highest BCUT2D eigenvalue weighted by atomic mass is 35.5. The summed E-state index contributed by atoms with van der Waals surface area (Å²) in [5.41, 5.74) is 2.29. The van der Waals surface area contributed by atoms with Crippen LogP contribution in [0.1, 0.15) is 18.0 Å². The molecule has 0 unspecified atom stereocenters. The van der Waals surface area contributed by atoms with Gasteiger partial charge in [-0.05, 0) is 43.0 Å². The maximum absolute atomic E-state index is 12.6. The molecular weight excluding hydrogens is 375 g/mol. The summed E-state index contributed by atoms with van der Waals surface area (Å²) < 4.78 is 1.93. The molecule has 1 saturated heterocycles. The Bertz CT molecular complexity index is 954. The summed E-state index contributed by atoms with van der Waals surface area (Å²) in [7, 11) is 0. The number of β-amino-alcohol motifs (C(OH)–C–C–N with tert-alkyl or cyclic N) is 1. The van der Waals surface area contributed by atoms with E-state index in [1.54, 1.807) is 6.20 Å². The van der Waals surface area contributed by atoms with Crippen molar-refractivity contribution in [3.05, 3.63) is 52.6 Å². The molecule has 0 saturated carbocycles. The molecule has 0 radical (unpaired) electrons. The third-order valence-corrected chi connectivity index (χ3v) is 4.68. The first kappa shape index (κ1) is 20.5. The first-order chi connectivity index (χ1) is 11.6. The molecule has 6 nitrogen and oxygen atoms in total. The Hall–Kier alpha value is -1.86. The van der Waals surface area contributed by atoms with E-state index in [0.29, 0.717) is 17.9 Å². The van der Waals surface area contributed by atoms with Crippen molar-refractivity contribution in [3.8, 4) is 11.4 Å². The first-order valence-electron chi connectivity index (χ1n) is 8.19. The summed E-state index contributed by atoms with van der Waals surface area (Å²) in [6, 6.07) is 7.78. The van der Waals surface area contributed by atoms with Crippen molar-refractivity contribution >= 4 is 35.7 Å². The van der Waals surface area contributed by atoms with Crippen LogP contribution < -0.4 is 10.9 Å². The minimum Gasteiger partial charge on any atom is -0.390 e. The Labute approximate surface area is 163 Å². The molecule has 8 heteroatoms. The van der Waals surface area contributed by atoms with Crippen LogP contribution in [0.4, 0.5) is 0 Å². The molecule has 3 N–H and O–H groups in total. The molecule has 1 aliphatic rings. The molecule has 140 valence electrons. The number of H-pyrrole nitrogens is 1. The van der Waals surface area contributed by atoms with Gasteiger partial charge >= 0.3 is 0 Å². The molecule has 0 bridgehead atoms. The molecule has 1 aliphatic heterocycles. The van der Waals surface area contributed by atoms with Crippen molar-refractivity contribution in [1.29, 1.82) is 0 Å². The number of benzene rings is 1. The average molecular weight is 397 g/mol. The van der Waals surface area contributed by atoms with E-state index >= 15 is 0 Å². The van der Waals surface area contributed by atoms with Gasteiger partial charge in [-0.25, -0.2) is 4.98 Å². The first-order valence-corrected chi connectivity index (χ1v) is 8.19. The van der Waals surface area contributed by atoms with Crippen LogP contribution >= 0.6 is 24.8 Å². The normalized spacial score (nSPS) is 19.6. The third-order valence-electron chi connectivity index (χ3n) is 4.68. The zero-order valence-corrected chi connectivity index (χ0v) is 15.9. The zero-order chi connectivity index (χ0) is 16.7. The SMILES string of the molecule is Cc1ccc2cc(-c3nccn3[C@H]3CCNC[C@@H]3O)c(=O)[nH]c2c1.Cl.Cl. The Kier molecular flexibility index (Phi) is 6.47. The Morgan fingerprint density at radius 3 is 2.85 bits per heavy atom. The second kappa shape index (κ2) is 8.22. The van der Waals surface area contributed by atoms with Crippen LogP contribution in [0.15, 0.2) is 41.5 Å². The van der Waals surface area contributed by atoms with Crippen molar-refractivity contribution in [2.24, 2.45) is 0 Å². The zero-order valence-electron chi connectivity index (χ0n) is 14.3. The number of nitrogens with one attached hydrogen (secondary N) is 2. The smallest absolute Gasteiger partial charge is 0.259 e. The third kappa shape index (κ3) is 3.64. The number of hydrogen-bond donors (Lipinski definition) is 3. The van der Waals surface area contributed by atoms with E-state index in [1.165, 1.54) is 0 Å². The summed E-state index contributed by atoms with van der Waals surface area (Å²) in [6.07, 6.45) is 3.83. The fourth-order valence-electron chi connectivity index (χ4n) is 3.42. The van der Waals surface area contributed by atoms with Gasteiger partial charge in [-0.1, -0.05) is 12.1 Å². The monoisotopic (exact) mass is 396 g/mol. The minimum atomic E-state index is -0.492. The van der Waals surface area contributed by atoms with Crippen LogP contribution in [0.2, 0.25) is 0 Å². The Morgan fingerprint density at radius 1 is 1.27 bits per heavy atom. The lowest BCUT2D eigenvalue weighted by molar-refractivity contribution is 0.0880. The van der Waals surface area contributed by atoms with Crippen LogP contribution in [-0.4, -0.2) is 38.8 Å². The number of halogens is 2. The van der Waals surface area contributed by atoms with Gasteiger partial charge in [0.05, 0.1) is 17.7 Å². The van der Waals surface area contributed by atoms with E-state index < -0.39 is 6.10 Å². The second-order valence-corrected chi connectivity index (χ2v) is 6.39. The maximum atomic E-state index is 12.6. The number of pyridine rings is 1. The lowest BCUT2D eigenvalue weighted by atomic mass is 10.0. The lowest BCUT2D eigenvalue weighted by Crippen LogP contribution is -2.41. The molecule has 2 atom stereocenters. The number of aryl methyl sites for hydroxylation is 1. The van der Waals surface area contributed by atoms with E-state index in [1.807, 2.05) is 42.0 Å². The number of imidazole rings is 1. The summed E-state index contributed by atoms with van der Waals surface area (Å²) >= 11 is 0. The second-order valence-electron chi connectivity index (χ2n) is 6.39. The fraction of sp³-hybridized carbons (Fsp3) is 0.333. The van der Waals surface area contributed by atoms with Gasteiger partial charge in [0.15, 0.2) is 0 Å². The van der Waals surface area contributed by atoms with Crippen molar-refractivity contribution in [2.45, 2.75) is 25.5 Å². The molecule has 4 rings (SSSR count). The minimum absolute atomic E-state index is 0. The predicted octanol–water partition coefficient (Wildman–Crippen LogP) is 2.44. The molecule has 0 aliphatic carbocycles. The molecular formula is C18H22Cl2N4O2. The van der Waals surface area contributed by atoms with Gasteiger partial charge in [0.1, 0.15) is 5.82 Å². The van der Waals surface area contributed by atoms with E-state index in [2.05, 4.69) is 15.3 Å². The summed E-state index contributed by atoms with van der Waals surface area (Å²) in [6.45, 7) is 3.39. The van der Waals surface area contributed by atoms with Crippen LogP contribution in [0.3, 0.4) is 0 Å². The maximum Gasteiger partial charge on any atom is 0.259 e. The topological polar surface area (TPSA) is 82.9 Å². The number of nitrogens with zero attached hydrogens (tertiary/aromatic N) is 2. The molecule has 2 aromatic heterocycles. The lowest BCUT2D eigenvalue weighted by Gasteiger charge is -2.30. The predicted molar refractivity (Wildman–Crippen MR) is 108 cm³/mol. The van der Waals surface area contributed by atoms with E-state index in [0.717, 1.165) is 29.4 Å². The molecule has 3 heterocycles. The van der Waals surface area contributed by atoms with Crippen LogP contribution in [0, 0.1) is 6.92 Å². The van der Waals surface area contributed by atoms with E-state index in [9.17, 15) is 9.90 Å². The van der Waals surface area contributed by atoms with Gasteiger partial charge in [0, 0.05) is 24.5 Å². The van der Waals surface area contributed by atoms with Crippen LogP contribution in [-0.2, 0) is 0 Å². The van der Waals surface area contributed by atoms with Gasteiger partial charge < -0.3 is 20.0 Å². The number of aromatic amines is 1. The van der Waals surface area contributed by atoms with Gasteiger partial charge in [0.25, 0.3) is 5.56 Å². The number of rotatable bonds is 2. The Morgan fingerprint density at radius 2 is 2.08 bits per heavy atom. The molecule has 0 amide bonds. The van der Waals surface area contributed by atoms with Crippen LogP contribution in [0.25, 0.3) is 22.3 Å². The van der Waals surface area contributed by atoms with Crippen molar-refractivity contribution < 1.29 is 5.11 Å². The highest BCUT2D eigenvalue weighted by molar-refractivity contribution is 5.85. The number of fused-ring (bicyclic) bond motifs is 1. The Balaban J connectivity index is 0.00000121. The molecule has 26 heavy (non-hydrogen) atoms. The molecule has 0 spiro atoms. The van der Waals surface area contributed by atoms with E-state index in [-0.39, 0.29) is 36.4 Å². The number of aromatic nitrogens is 3. The summed E-state index contributed by atoms with van der Waals surface area (Å²) in [5.74, 6) is 0.602. The van der Waals surface area contributed by atoms with Gasteiger partial charge in [-0.3, -0.25) is 4.79 Å². The highest BCUT2D eigenvalue weighted by Crippen LogP contribution is 2.26. The standard InChI is InChI=1S/C18H20N4O2.2ClH/c1-11-2-3-12-9-13(18(24)21-14(12)8-11)17-20-6-7-22(17)15-4-5-19-10-16(15)23;;/h2-3,6-9,15-16,19,23H,4-5,10H2,1H3,(H,21,24);2*1H/t15-,16-;;/m0../s1. The summed E-state index contributed by atoms with van der Waals surface area (Å²) in [5, 5.41) is 14.4. The average Bonchev–Trinajstić information content (AvgIpc) is 3.03. The number of aliphatic hydroxyl groups excluding tert-OH is 1. The fourth-order valence-corrected chi connectivity index (χ4v) is 3.42. The molecule has 1 aromatic carbocycles. The number of aliphatic hydroxyl groups is 1. The number of piperidine rings is 1. The van der Waals surface area contributed by atoms with Gasteiger partial charge in [-0.2, -0.15) is 0 Å². The summed E-state index contributed by atoms with van der Waals surface area (Å²) in [4.78, 5) is 19.9.